The van der Waals surface area contributed by atoms with Crippen molar-refractivity contribution in [1.82, 2.24) is 0 Å². The van der Waals surface area contributed by atoms with Gasteiger partial charge in [-0.25, -0.2) is 0 Å². The molecule has 0 radical (unpaired) electrons. The van der Waals surface area contributed by atoms with Crippen molar-refractivity contribution < 1.29 is 9.84 Å². The van der Waals surface area contributed by atoms with Gasteiger partial charge >= 0.3 is 0 Å². The zero-order valence-corrected chi connectivity index (χ0v) is 10.6. The third kappa shape index (κ3) is 3.47. The maximum atomic E-state index is 10.3. The average molecular weight is 234 g/mol. The lowest BCUT2D eigenvalue weighted by molar-refractivity contribution is -0.0339. The molecular formula is C15H22O2. The molecular weight excluding hydrogens is 212 g/mol. The molecule has 1 fully saturated rings. The zero-order chi connectivity index (χ0) is 12.1. The van der Waals surface area contributed by atoms with Gasteiger partial charge in [-0.2, -0.15) is 0 Å². The quantitative estimate of drug-likeness (QED) is 0.866. The Bertz CT molecular complexity index is 336. The lowest BCUT2D eigenvalue weighted by Gasteiger charge is -2.31. The second-order valence-corrected chi connectivity index (χ2v) is 5.07. The van der Waals surface area contributed by atoms with E-state index in [0.717, 1.165) is 37.9 Å². The summed E-state index contributed by atoms with van der Waals surface area (Å²) in [4.78, 5) is 0. The van der Waals surface area contributed by atoms with Crippen LogP contribution in [0.5, 0.6) is 5.75 Å². The van der Waals surface area contributed by atoms with E-state index < -0.39 is 5.60 Å². The van der Waals surface area contributed by atoms with E-state index in [0.29, 0.717) is 6.61 Å². The first-order valence-electron chi connectivity index (χ1n) is 6.66. The van der Waals surface area contributed by atoms with Crippen LogP contribution in [0.2, 0.25) is 0 Å². The van der Waals surface area contributed by atoms with Gasteiger partial charge in [-0.1, -0.05) is 38.3 Å². The Labute approximate surface area is 104 Å². The summed E-state index contributed by atoms with van der Waals surface area (Å²) in [5, 5.41) is 10.3. The summed E-state index contributed by atoms with van der Waals surface area (Å²) in [7, 11) is 0. The summed E-state index contributed by atoms with van der Waals surface area (Å²) in [6.07, 6.45) is 6.28. The number of aliphatic hydroxyl groups is 1. The van der Waals surface area contributed by atoms with Gasteiger partial charge in [0.05, 0.1) is 5.60 Å². The fourth-order valence-electron chi connectivity index (χ4n) is 2.39. The van der Waals surface area contributed by atoms with Gasteiger partial charge in [0, 0.05) is 0 Å². The standard InChI is InChI=1S/C15H22O2/c1-2-13-6-8-14(9-7-13)17-12-15(16)10-4-3-5-11-15/h6-9,16H,2-5,10-12H2,1H3. The Hall–Kier alpha value is -1.02. The van der Waals surface area contributed by atoms with Crippen molar-refractivity contribution in [3.8, 4) is 5.75 Å². The van der Waals surface area contributed by atoms with Crippen LogP contribution in [0.1, 0.15) is 44.6 Å². The van der Waals surface area contributed by atoms with Gasteiger partial charge in [-0.15, -0.1) is 0 Å². The van der Waals surface area contributed by atoms with Gasteiger partial charge in [0.1, 0.15) is 12.4 Å². The maximum absolute atomic E-state index is 10.3. The van der Waals surface area contributed by atoms with Crippen molar-refractivity contribution >= 4 is 0 Å². The van der Waals surface area contributed by atoms with E-state index in [4.69, 9.17) is 4.74 Å². The van der Waals surface area contributed by atoms with E-state index in [9.17, 15) is 5.11 Å². The van der Waals surface area contributed by atoms with Crippen molar-refractivity contribution in [2.24, 2.45) is 0 Å². The molecule has 1 aromatic rings. The predicted molar refractivity (Wildman–Crippen MR) is 69.3 cm³/mol. The first-order chi connectivity index (χ1) is 8.22. The number of hydrogen-bond donors (Lipinski definition) is 1. The molecule has 0 atom stereocenters. The first kappa shape index (κ1) is 12.4. The molecule has 1 N–H and O–H groups in total. The maximum Gasteiger partial charge on any atom is 0.119 e. The summed E-state index contributed by atoms with van der Waals surface area (Å²) < 4.78 is 5.70. The molecule has 0 aliphatic heterocycles. The van der Waals surface area contributed by atoms with Crippen LogP contribution in [0.15, 0.2) is 24.3 Å². The van der Waals surface area contributed by atoms with Gasteiger partial charge in [0.25, 0.3) is 0 Å². The molecule has 0 bridgehead atoms. The highest BCUT2D eigenvalue weighted by Crippen LogP contribution is 2.28. The number of aryl methyl sites for hydroxylation is 1. The van der Waals surface area contributed by atoms with Crippen LogP contribution in [0.4, 0.5) is 0 Å². The van der Waals surface area contributed by atoms with Crippen molar-refractivity contribution in [1.29, 1.82) is 0 Å². The summed E-state index contributed by atoms with van der Waals surface area (Å²) in [6, 6.07) is 8.15. The number of benzene rings is 1. The summed E-state index contributed by atoms with van der Waals surface area (Å²) in [5.41, 5.74) is 0.718. The summed E-state index contributed by atoms with van der Waals surface area (Å²) >= 11 is 0. The van der Waals surface area contributed by atoms with Gasteiger partial charge < -0.3 is 9.84 Å². The number of rotatable bonds is 4. The molecule has 1 aliphatic carbocycles. The van der Waals surface area contributed by atoms with Crippen molar-refractivity contribution in [3.05, 3.63) is 29.8 Å². The third-order valence-electron chi connectivity index (χ3n) is 3.62. The molecule has 0 unspecified atom stereocenters. The highest BCUT2D eigenvalue weighted by atomic mass is 16.5. The molecule has 17 heavy (non-hydrogen) atoms. The fourth-order valence-corrected chi connectivity index (χ4v) is 2.39. The molecule has 2 nitrogen and oxygen atoms in total. The molecule has 1 aromatic carbocycles. The lowest BCUT2D eigenvalue weighted by Crippen LogP contribution is -2.37. The van der Waals surface area contributed by atoms with E-state index in [1.807, 2.05) is 12.1 Å². The van der Waals surface area contributed by atoms with Gasteiger partial charge in [-0.3, -0.25) is 0 Å². The molecule has 1 saturated carbocycles. The monoisotopic (exact) mass is 234 g/mol. The minimum Gasteiger partial charge on any atom is -0.491 e. The summed E-state index contributed by atoms with van der Waals surface area (Å²) in [5.74, 6) is 0.862. The Balaban J connectivity index is 1.87. The van der Waals surface area contributed by atoms with E-state index >= 15 is 0 Å². The van der Waals surface area contributed by atoms with Crippen molar-refractivity contribution in [2.45, 2.75) is 51.0 Å². The van der Waals surface area contributed by atoms with E-state index in [1.54, 1.807) is 0 Å². The van der Waals surface area contributed by atoms with Crippen molar-refractivity contribution in [2.75, 3.05) is 6.61 Å². The molecule has 2 heteroatoms. The Kier molecular flexibility index (Phi) is 4.06. The van der Waals surface area contributed by atoms with Crippen LogP contribution < -0.4 is 4.74 Å². The van der Waals surface area contributed by atoms with Crippen LogP contribution in [-0.2, 0) is 6.42 Å². The Morgan fingerprint density at radius 3 is 2.35 bits per heavy atom. The lowest BCUT2D eigenvalue weighted by atomic mass is 9.85. The number of ether oxygens (including phenoxy) is 1. The van der Waals surface area contributed by atoms with Crippen molar-refractivity contribution in [3.63, 3.8) is 0 Å². The van der Waals surface area contributed by atoms with Crippen LogP contribution in [0.25, 0.3) is 0 Å². The van der Waals surface area contributed by atoms with Crippen LogP contribution in [0, 0.1) is 0 Å². The second-order valence-electron chi connectivity index (χ2n) is 5.07. The Morgan fingerprint density at radius 1 is 1.12 bits per heavy atom. The first-order valence-corrected chi connectivity index (χ1v) is 6.66. The van der Waals surface area contributed by atoms with Gasteiger partial charge in [0.2, 0.25) is 0 Å². The van der Waals surface area contributed by atoms with E-state index in [-0.39, 0.29) is 0 Å². The third-order valence-corrected chi connectivity index (χ3v) is 3.62. The molecule has 2 rings (SSSR count). The van der Waals surface area contributed by atoms with Crippen LogP contribution >= 0.6 is 0 Å². The topological polar surface area (TPSA) is 29.5 Å². The molecule has 0 aromatic heterocycles. The van der Waals surface area contributed by atoms with Crippen LogP contribution in [0.3, 0.4) is 0 Å². The summed E-state index contributed by atoms with van der Waals surface area (Å²) in [6.45, 7) is 2.57. The average Bonchev–Trinajstić information content (AvgIpc) is 2.38. The normalized spacial score (nSPS) is 18.9. The van der Waals surface area contributed by atoms with E-state index in [2.05, 4.69) is 19.1 Å². The SMILES string of the molecule is CCc1ccc(OCC2(O)CCCCC2)cc1. The molecule has 0 spiro atoms. The second kappa shape index (κ2) is 5.54. The van der Waals surface area contributed by atoms with Gasteiger partial charge in [-0.05, 0) is 37.0 Å². The molecule has 0 saturated heterocycles. The molecule has 94 valence electrons. The van der Waals surface area contributed by atoms with Gasteiger partial charge in [0.15, 0.2) is 0 Å². The highest BCUT2D eigenvalue weighted by molar-refractivity contribution is 5.27. The largest absolute Gasteiger partial charge is 0.491 e. The van der Waals surface area contributed by atoms with E-state index in [1.165, 1.54) is 12.0 Å². The Morgan fingerprint density at radius 2 is 1.76 bits per heavy atom. The zero-order valence-electron chi connectivity index (χ0n) is 10.6. The molecule has 0 heterocycles. The minimum absolute atomic E-state index is 0.429. The highest BCUT2D eigenvalue weighted by Gasteiger charge is 2.29. The minimum atomic E-state index is -0.596. The molecule has 1 aliphatic rings. The smallest absolute Gasteiger partial charge is 0.119 e. The predicted octanol–water partition coefficient (Wildman–Crippen LogP) is 3.32. The number of hydrogen-bond acceptors (Lipinski definition) is 2. The fraction of sp³-hybridized carbons (Fsp3) is 0.600. The molecule has 0 amide bonds. The van der Waals surface area contributed by atoms with Crippen LogP contribution in [-0.4, -0.2) is 17.3 Å².